The third-order valence-corrected chi connectivity index (χ3v) is 3.19. The summed E-state index contributed by atoms with van der Waals surface area (Å²) in [6.07, 6.45) is -0.410. The maximum Gasteiger partial charge on any atom is 0.230 e. The minimum Gasteiger partial charge on any atom is -0.391 e. The van der Waals surface area contributed by atoms with E-state index in [2.05, 4.69) is 4.98 Å². The number of carbonyl (C=O) groups is 1. The lowest BCUT2D eigenvalue weighted by molar-refractivity contribution is -0.117. The molecule has 1 aromatic carbocycles. The Labute approximate surface area is 111 Å². The normalized spacial score (nSPS) is 18.9. The molecule has 1 aromatic heterocycles. The Morgan fingerprint density at radius 1 is 1.11 bits per heavy atom. The Morgan fingerprint density at radius 2 is 1.89 bits per heavy atom. The molecule has 0 radical (unpaired) electrons. The highest BCUT2D eigenvalue weighted by molar-refractivity contribution is 5.95. The topological polar surface area (TPSA) is 53.4 Å². The highest BCUT2D eigenvalue weighted by Gasteiger charge is 2.29. The van der Waals surface area contributed by atoms with E-state index in [0.29, 0.717) is 12.4 Å². The molecule has 3 rings (SSSR count). The molecule has 4 nitrogen and oxygen atoms in total. The number of carbonyl (C=O) groups excluding carboxylic acids is 1. The van der Waals surface area contributed by atoms with E-state index in [-0.39, 0.29) is 12.3 Å². The number of aromatic nitrogens is 1. The summed E-state index contributed by atoms with van der Waals surface area (Å²) in [5.41, 5.74) is 1.84. The SMILES string of the molecule is O=C1CC(O)CN1c1cccc(-c2ccccc2)n1. The lowest BCUT2D eigenvalue weighted by Crippen LogP contribution is -2.26. The number of aliphatic hydroxyl groups is 1. The quantitative estimate of drug-likeness (QED) is 0.889. The van der Waals surface area contributed by atoms with Crippen LogP contribution in [0.25, 0.3) is 11.3 Å². The van der Waals surface area contributed by atoms with Gasteiger partial charge in [0.05, 0.1) is 24.8 Å². The van der Waals surface area contributed by atoms with Gasteiger partial charge in [-0.2, -0.15) is 0 Å². The van der Waals surface area contributed by atoms with E-state index in [1.807, 2.05) is 42.5 Å². The molecule has 1 saturated heterocycles. The van der Waals surface area contributed by atoms with Crippen molar-refractivity contribution in [1.82, 2.24) is 4.98 Å². The zero-order valence-corrected chi connectivity index (χ0v) is 10.4. The van der Waals surface area contributed by atoms with Crippen LogP contribution in [0.1, 0.15) is 6.42 Å². The molecule has 1 amide bonds. The molecule has 0 aliphatic carbocycles. The van der Waals surface area contributed by atoms with E-state index in [0.717, 1.165) is 11.3 Å². The number of β-amino-alcohol motifs (C(OH)–C–C–N with tert-alkyl or cyclic N) is 1. The van der Waals surface area contributed by atoms with Crippen LogP contribution < -0.4 is 4.90 Å². The Kier molecular flexibility index (Phi) is 3.01. The molecule has 1 atom stereocenters. The zero-order valence-electron chi connectivity index (χ0n) is 10.4. The predicted octanol–water partition coefficient (Wildman–Crippen LogP) is 1.85. The van der Waals surface area contributed by atoms with Crippen LogP contribution in [-0.4, -0.2) is 28.6 Å². The van der Waals surface area contributed by atoms with Crippen LogP contribution in [-0.2, 0) is 4.79 Å². The molecular weight excluding hydrogens is 240 g/mol. The number of anilines is 1. The Morgan fingerprint density at radius 3 is 2.58 bits per heavy atom. The first-order chi connectivity index (χ1) is 9.24. The number of benzene rings is 1. The lowest BCUT2D eigenvalue weighted by Gasteiger charge is -2.15. The Hall–Kier alpha value is -2.20. The monoisotopic (exact) mass is 254 g/mol. The molecule has 1 N–H and O–H groups in total. The van der Waals surface area contributed by atoms with Gasteiger partial charge >= 0.3 is 0 Å². The molecule has 0 spiro atoms. The number of amides is 1. The van der Waals surface area contributed by atoms with E-state index in [1.165, 1.54) is 4.90 Å². The fourth-order valence-corrected chi connectivity index (χ4v) is 2.25. The summed E-state index contributed by atoms with van der Waals surface area (Å²) in [6, 6.07) is 15.4. The van der Waals surface area contributed by atoms with Crippen molar-refractivity contribution in [2.24, 2.45) is 0 Å². The molecule has 2 aromatic rings. The molecule has 0 saturated carbocycles. The van der Waals surface area contributed by atoms with Gasteiger partial charge in [0.1, 0.15) is 5.82 Å². The number of rotatable bonds is 2. The third-order valence-electron chi connectivity index (χ3n) is 3.19. The molecule has 2 heterocycles. The Balaban J connectivity index is 1.95. The van der Waals surface area contributed by atoms with Gasteiger partial charge in [0.25, 0.3) is 0 Å². The molecule has 1 unspecified atom stereocenters. The van der Waals surface area contributed by atoms with Gasteiger partial charge in [-0.25, -0.2) is 4.98 Å². The van der Waals surface area contributed by atoms with Crippen LogP contribution in [0.15, 0.2) is 48.5 Å². The summed E-state index contributed by atoms with van der Waals surface area (Å²) in [5, 5.41) is 9.53. The minimum absolute atomic E-state index is 0.0785. The molecule has 1 fully saturated rings. The zero-order chi connectivity index (χ0) is 13.2. The number of hydrogen-bond donors (Lipinski definition) is 1. The van der Waals surface area contributed by atoms with Crippen molar-refractivity contribution in [3.05, 3.63) is 48.5 Å². The highest BCUT2D eigenvalue weighted by atomic mass is 16.3. The van der Waals surface area contributed by atoms with Gasteiger partial charge in [-0.3, -0.25) is 9.69 Å². The van der Waals surface area contributed by atoms with Crippen LogP contribution in [0.5, 0.6) is 0 Å². The average molecular weight is 254 g/mol. The lowest BCUT2D eigenvalue weighted by atomic mass is 10.1. The van der Waals surface area contributed by atoms with Gasteiger partial charge < -0.3 is 5.11 Å². The predicted molar refractivity (Wildman–Crippen MR) is 72.6 cm³/mol. The van der Waals surface area contributed by atoms with Crippen molar-refractivity contribution >= 4 is 11.7 Å². The van der Waals surface area contributed by atoms with E-state index in [9.17, 15) is 9.90 Å². The fourth-order valence-electron chi connectivity index (χ4n) is 2.25. The molecule has 1 aliphatic heterocycles. The number of pyridine rings is 1. The maximum absolute atomic E-state index is 11.8. The smallest absolute Gasteiger partial charge is 0.230 e. The first-order valence-corrected chi connectivity index (χ1v) is 6.25. The summed E-state index contributed by atoms with van der Waals surface area (Å²) in [7, 11) is 0. The van der Waals surface area contributed by atoms with Crippen molar-refractivity contribution in [2.45, 2.75) is 12.5 Å². The number of aliphatic hydroxyl groups excluding tert-OH is 1. The van der Waals surface area contributed by atoms with Gasteiger partial charge in [-0.05, 0) is 12.1 Å². The van der Waals surface area contributed by atoms with Crippen LogP contribution in [0.3, 0.4) is 0 Å². The van der Waals surface area contributed by atoms with Gasteiger partial charge in [0.2, 0.25) is 5.91 Å². The molecular formula is C15H14N2O2. The average Bonchev–Trinajstić information content (AvgIpc) is 2.79. The van der Waals surface area contributed by atoms with Crippen molar-refractivity contribution in [2.75, 3.05) is 11.4 Å². The molecule has 1 aliphatic rings. The van der Waals surface area contributed by atoms with Gasteiger partial charge in [-0.15, -0.1) is 0 Å². The standard InChI is InChI=1S/C15H14N2O2/c18-12-9-15(19)17(10-12)14-8-4-7-13(16-14)11-5-2-1-3-6-11/h1-8,12,18H,9-10H2. The van der Waals surface area contributed by atoms with Gasteiger partial charge in [0, 0.05) is 5.56 Å². The second kappa shape index (κ2) is 4.82. The summed E-state index contributed by atoms with van der Waals surface area (Å²) < 4.78 is 0. The minimum atomic E-state index is -0.588. The van der Waals surface area contributed by atoms with Crippen LogP contribution in [0.2, 0.25) is 0 Å². The van der Waals surface area contributed by atoms with Crippen molar-refractivity contribution in [1.29, 1.82) is 0 Å². The van der Waals surface area contributed by atoms with Gasteiger partial charge in [0.15, 0.2) is 0 Å². The second-order valence-corrected chi connectivity index (χ2v) is 4.61. The first-order valence-electron chi connectivity index (χ1n) is 6.25. The first kappa shape index (κ1) is 11.9. The van der Waals surface area contributed by atoms with E-state index >= 15 is 0 Å². The van der Waals surface area contributed by atoms with Crippen LogP contribution >= 0.6 is 0 Å². The fraction of sp³-hybridized carbons (Fsp3) is 0.200. The van der Waals surface area contributed by atoms with Crippen molar-refractivity contribution in [3.8, 4) is 11.3 Å². The molecule has 4 heteroatoms. The maximum atomic E-state index is 11.8. The summed E-state index contributed by atoms with van der Waals surface area (Å²) >= 11 is 0. The second-order valence-electron chi connectivity index (χ2n) is 4.61. The van der Waals surface area contributed by atoms with E-state index in [1.54, 1.807) is 6.07 Å². The van der Waals surface area contributed by atoms with Crippen molar-refractivity contribution in [3.63, 3.8) is 0 Å². The Bertz CT molecular complexity index is 598. The number of hydrogen-bond acceptors (Lipinski definition) is 3. The van der Waals surface area contributed by atoms with Crippen LogP contribution in [0, 0.1) is 0 Å². The summed E-state index contributed by atoms with van der Waals surface area (Å²) in [4.78, 5) is 17.8. The summed E-state index contributed by atoms with van der Waals surface area (Å²) in [5.74, 6) is 0.521. The number of nitrogens with zero attached hydrogens (tertiary/aromatic N) is 2. The molecule has 19 heavy (non-hydrogen) atoms. The highest BCUT2D eigenvalue weighted by Crippen LogP contribution is 2.23. The molecule has 0 bridgehead atoms. The van der Waals surface area contributed by atoms with Crippen molar-refractivity contribution < 1.29 is 9.90 Å². The largest absolute Gasteiger partial charge is 0.391 e. The summed E-state index contributed by atoms with van der Waals surface area (Å²) in [6.45, 7) is 0.323. The van der Waals surface area contributed by atoms with Gasteiger partial charge in [-0.1, -0.05) is 36.4 Å². The molecule has 96 valence electrons. The third kappa shape index (κ3) is 2.35. The van der Waals surface area contributed by atoms with E-state index in [4.69, 9.17) is 0 Å². The van der Waals surface area contributed by atoms with Crippen LogP contribution in [0.4, 0.5) is 5.82 Å². The van der Waals surface area contributed by atoms with E-state index < -0.39 is 6.10 Å².